The first kappa shape index (κ1) is 40.3. The summed E-state index contributed by atoms with van der Waals surface area (Å²) < 4.78 is 0. The van der Waals surface area contributed by atoms with Crippen LogP contribution in [0.4, 0.5) is 9.80 Å². The van der Waals surface area contributed by atoms with Gasteiger partial charge < -0.3 is 9.74 Å². The number of likely N-dealkylation sites (N-methyl/N-ethyl adjacent to an activating group) is 1. The maximum absolute atomic E-state index is 13.9. The molecule has 0 spiro atoms. The summed E-state index contributed by atoms with van der Waals surface area (Å²) in [4.78, 5) is 59.1. The van der Waals surface area contributed by atoms with E-state index >= 15 is 0 Å². The van der Waals surface area contributed by atoms with Gasteiger partial charge in [0.25, 0.3) is 0 Å². The summed E-state index contributed by atoms with van der Waals surface area (Å²) >= 11 is 1.40. The lowest BCUT2D eigenvalue weighted by Gasteiger charge is -2.27. The van der Waals surface area contributed by atoms with Crippen LogP contribution in [-0.2, 0) is 29.0 Å². The Morgan fingerprint density at radius 3 is 2.02 bits per heavy atom. The number of benzene rings is 3. The average Bonchev–Trinajstić information content (AvgIpc) is 3.58. The summed E-state index contributed by atoms with van der Waals surface area (Å²) in [7, 11) is 1.60. The van der Waals surface area contributed by atoms with Gasteiger partial charge in [-0.05, 0) is 48.1 Å². The van der Waals surface area contributed by atoms with Gasteiger partial charge in [-0.1, -0.05) is 119 Å². The van der Waals surface area contributed by atoms with E-state index in [1.807, 2.05) is 101 Å². The van der Waals surface area contributed by atoms with Crippen molar-refractivity contribution in [2.75, 3.05) is 18.5 Å². The van der Waals surface area contributed by atoms with E-state index < -0.39 is 5.97 Å². The number of aldehydes is 1. The van der Waals surface area contributed by atoms with Gasteiger partial charge in [-0.15, -0.1) is 11.3 Å². The summed E-state index contributed by atoms with van der Waals surface area (Å²) in [6.45, 7) is 15.2. The van der Waals surface area contributed by atoms with Gasteiger partial charge in [0, 0.05) is 35.5 Å². The van der Waals surface area contributed by atoms with Crippen molar-refractivity contribution in [3.63, 3.8) is 0 Å². The van der Waals surface area contributed by atoms with Crippen molar-refractivity contribution in [1.29, 1.82) is 0 Å². The number of carbonyl (C=O) groups is 4. The Balaban J connectivity index is 0.00000201. The molecule has 4 rings (SSSR count). The van der Waals surface area contributed by atoms with Crippen LogP contribution in [0.1, 0.15) is 97.7 Å². The number of hydrogen-bond donors (Lipinski definition) is 0. The Morgan fingerprint density at radius 2 is 1.45 bits per heavy atom. The van der Waals surface area contributed by atoms with Crippen LogP contribution in [-0.4, -0.2) is 48.3 Å². The van der Waals surface area contributed by atoms with Gasteiger partial charge in [-0.3, -0.25) is 14.5 Å². The zero-order valence-corrected chi connectivity index (χ0v) is 31.0. The Hall–Kier alpha value is -4.89. The number of nitrogens with zero attached hydrogens (tertiary/aromatic N) is 3. The Morgan fingerprint density at radius 1 is 0.837 bits per heavy atom. The molecule has 0 atom stereocenters. The lowest BCUT2D eigenvalue weighted by Crippen LogP contribution is -2.43. The second-order valence-electron chi connectivity index (χ2n) is 10.6. The summed E-state index contributed by atoms with van der Waals surface area (Å²) in [6, 6.07) is 24.3. The quantitative estimate of drug-likeness (QED) is 0.0487. The Labute approximate surface area is 295 Å². The van der Waals surface area contributed by atoms with Gasteiger partial charge in [0.05, 0.1) is 18.8 Å². The molecule has 4 aromatic rings. The van der Waals surface area contributed by atoms with E-state index in [0.29, 0.717) is 21.8 Å². The van der Waals surface area contributed by atoms with Crippen LogP contribution in [0, 0.1) is 0 Å². The number of urea groups is 1. The van der Waals surface area contributed by atoms with Crippen molar-refractivity contribution in [2.45, 2.75) is 74.8 Å². The van der Waals surface area contributed by atoms with E-state index in [9.17, 15) is 19.2 Å². The topological polar surface area (TPSA) is 96.3 Å². The van der Waals surface area contributed by atoms with E-state index in [0.717, 1.165) is 51.8 Å². The number of carbonyl (C=O) groups excluding carboxylic acids is 4. The van der Waals surface area contributed by atoms with Crippen molar-refractivity contribution in [3.05, 3.63) is 112 Å². The molecule has 0 fully saturated rings. The number of thiophene rings is 1. The van der Waals surface area contributed by atoms with Crippen LogP contribution < -0.4 is 4.90 Å². The van der Waals surface area contributed by atoms with Crippen molar-refractivity contribution in [1.82, 2.24) is 4.90 Å². The van der Waals surface area contributed by atoms with Crippen LogP contribution in [0.25, 0.3) is 11.1 Å². The molecule has 0 aliphatic heterocycles. The minimum atomic E-state index is -0.495. The lowest BCUT2D eigenvalue weighted by atomic mass is 9.96. The van der Waals surface area contributed by atoms with Crippen LogP contribution >= 0.6 is 11.3 Å². The van der Waals surface area contributed by atoms with Crippen LogP contribution in [0.3, 0.4) is 0 Å². The molecule has 8 nitrogen and oxygen atoms in total. The zero-order chi connectivity index (χ0) is 36.5. The number of Topliss-reactive ketones (excluding diaryl/α,β-unsaturated/α-hetero) is 1. The molecule has 0 saturated heterocycles. The highest BCUT2D eigenvalue weighted by molar-refractivity contribution is 7.16. The average molecular weight is 684 g/mol. The number of anilines is 1. The first-order valence-corrected chi connectivity index (χ1v) is 17.6. The molecule has 1 heterocycles. The number of oxime groups is 1. The fourth-order valence-electron chi connectivity index (χ4n) is 4.85. The van der Waals surface area contributed by atoms with Gasteiger partial charge in [0.15, 0.2) is 12.1 Å². The number of hydrogen-bond acceptors (Lipinski definition) is 7. The standard InChI is InChI=1S/C36H37N3O5S.2C2H6/c1-6-26-12-18-29(19-13-26)34(42)22-38(5)36(43)39(35-30(23-40)20-31(7-2)45-35)21-27-14-16-28(17-15-27)33-11-9-8-10-32(33)24(3)37-44-25(4)41;2*1-2/h8-20,23H,6-7,21-22H2,1-5H3;2*1-2H3/b37-24+;;. The van der Waals surface area contributed by atoms with Crippen molar-refractivity contribution >= 4 is 46.1 Å². The van der Waals surface area contributed by atoms with Gasteiger partial charge in [0.2, 0.25) is 0 Å². The Bertz CT molecular complexity index is 1710. The molecule has 2 amide bonds. The fourth-order valence-corrected chi connectivity index (χ4v) is 5.91. The molecule has 0 unspecified atom stereocenters. The maximum Gasteiger partial charge on any atom is 0.331 e. The van der Waals surface area contributed by atoms with E-state index in [-0.39, 0.29) is 24.9 Å². The molecule has 0 aliphatic carbocycles. The van der Waals surface area contributed by atoms with E-state index in [1.165, 1.54) is 23.2 Å². The molecule has 9 heteroatoms. The van der Waals surface area contributed by atoms with Gasteiger partial charge in [0.1, 0.15) is 5.00 Å². The largest absolute Gasteiger partial charge is 0.331 e. The minimum Gasteiger partial charge on any atom is -0.320 e. The van der Waals surface area contributed by atoms with Gasteiger partial charge >= 0.3 is 12.0 Å². The molecule has 0 aliphatic rings. The predicted molar refractivity (Wildman–Crippen MR) is 202 cm³/mol. The predicted octanol–water partition coefficient (Wildman–Crippen LogP) is 9.63. The minimum absolute atomic E-state index is 0.104. The Kier molecular flexibility index (Phi) is 16.8. The number of amides is 2. The maximum atomic E-state index is 13.9. The molecular weight excluding hydrogens is 635 g/mol. The highest BCUT2D eigenvalue weighted by Crippen LogP contribution is 2.33. The second-order valence-corrected chi connectivity index (χ2v) is 11.8. The normalized spacial score (nSPS) is 10.5. The molecule has 1 aromatic heterocycles. The lowest BCUT2D eigenvalue weighted by molar-refractivity contribution is -0.140. The van der Waals surface area contributed by atoms with Crippen molar-refractivity contribution in [2.24, 2.45) is 5.16 Å². The van der Waals surface area contributed by atoms with Crippen molar-refractivity contribution in [3.8, 4) is 11.1 Å². The molecule has 0 saturated carbocycles. The summed E-state index contributed by atoms with van der Waals surface area (Å²) in [5.41, 5.74) is 6.16. The van der Waals surface area contributed by atoms with E-state index in [1.54, 1.807) is 31.0 Å². The fraction of sp³-hybridized carbons (Fsp3) is 0.325. The highest BCUT2D eigenvalue weighted by atomic mass is 32.1. The summed E-state index contributed by atoms with van der Waals surface area (Å²) in [6.07, 6.45) is 2.37. The molecule has 0 N–H and O–H groups in total. The third-order valence-corrected chi connectivity index (χ3v) is 8.69. The summed E-state index contributed by atoms with van der Waals surface area (Å²) in [5, 5.41) is 4.49. The van der Waals surface area contributed by atoms with Crippen molar-refractivity contribution < 1.29 is 24.0 Å². The first-order valence-electron chi connectivity index (χ1n) is 16.8. The molecule has 3 aromatic carbocycles. The smallest absolute Gasteiger partial charge is 0.320 e. The SMILES string of the molecule is CC.CC.CCc1ccc(C(=O)CN(C)C(=O)N(Cc2ccc(-c3ccccc3/C(C)=N/OC(C)=O)cc2)c2sc(CC)cc2C=O)cc1. The highest BCUT2D eigenvalue weighted by Gasteiger charge is 2.26. The molecule has 49 heavy (non-hydrogen) atoms. The number of ketones is 1. The van der Waals surface area contributed by atoms with Gasteiger partial charge in [-0.25, -0.2) is 9.59 Å². The van der Waals surface area contributed by atoms with Gasteiger partial charge in [-0.2, -0.15) is 0 Å². The number of aryl methyl sites for hydroxylation is 2. The van der Waals surface area contributed by atoms with E-state index in [4.69, 9.17) is 4.84 Å². The molecule has 0 radical (unpaired) electrons. The first-order chi connectivity index (χ1) is 23.6. The van der Waals surface area contributed by atoms with Crippen LogP contribution in [0.2, 0.25) is 0 Å². The number of rotatable bonds is 12. The summed E-state index contributed by atoms with van der Waals surface area (Å²) in [5.74, 6) is -0.662. The third-order valence-electron chi connectivity index (χ3n) is 7.37. The monoisotopic (exact) mass is 683 g/mol. The zero-order valence-electron chi connectivity index (χ0n) is 30.2. The van der Waals surface area contributed by atoms with Crippen LogP contribution in [0.15, 0.2) is 84.0 Å². The van der Waals surface area contributed by atoms with E-state index in [2.05, 4.69) is 12.1 Å². The third kappa shape index (κ3) is 11.1. The molecular formula is C40H49N3O5S. The molecule has 0 bridgehead atoms. The second kappa shape index (κ2) is 20.5. The van der Waals surface area contributed by atoms with Crippen LogP contribution in [0.5, 0.6) is 0 Å². The molecule has 260 valence electrons.